The molecular weight excluding hydrogens is 186 g/mol. The van der Waals surface area contributed by atoms with Gasteiger partial charge in [-0.2, -0.15) is 0 Å². The Morgan fingerprint density at radius 2 is 2.69 bits per heavy atom. The first kappa shape index (κ1) is 8.84. The maximum atomic E-state index is 10.3. The summed E-state index contributed by atoms with van der Waals surface area (Å²) < 4.78 is 5.28. The monoisotopic (exact) mass is 197 g/mol. The SMILES string of the molecule is O=CCc1cnc(C2CCOC2)s1. The number of nitrogens with zero attached hydrogens (tertiary/aromatic N) is 1. The molecule has 1 fully saturated rings. The predicted molar refractivity (Wildman–Crippen MR) is 50.1 cm³/mol. The van der Waals surface area contributed by atoms with E-state index in [2.05, 4.69) is 4.98 Å². The molecule has 0 aromatic carbocycles. The fraction of sp³-hybridized carbons (Fsp3) is 0.556. The molecular formula is C9H11NO2S. The summed E-state index contributed by atoms with van der Waals surface area (Å²) in [7, 11) is 0. The van der Waals surface area contributed by atoms with Crippen LogP contribution in [-0.4, -0.2) is 24.5 Å². The summed E-state index contributed by atoms with van der Waals surface area (Å²) in [5, 5.41) is 1.12. The lowest BCUT2D eigenvalue weighted by Crippen LogP contribution is -1.95. The lowest BCUT2D eigenvalue weighted by Gasteiger charge is -1.99. The van der Waals surface area contributed by atoms with Crippen molar-refractivity contribution in [3.63, 3.8) is 0 Å². The molecule has 2 heterocycles. The molecule has 0 N–H and O–H groups in total. The number of rotatable bonds is 3. The van der Waals surface area contributed by atoms with Gasteiger partial charge in [-0.3, -0.25) is 0 Å². The van der Waals surface area contributed by atoms with Crippen molar-refractivity contribution < 1.29 is 9.53 Å². The van der Waals surface area contributed by atoms with Crippen molar-refractivity contribution in [3.05, 3.63) is 16.1 Å². The van der Waals surface area contributed by atoms with Crippen LogP contribution in [0.5, 0.6) is 0 Å². The van der Waals surface area contributed by atoms with E-state index in [0.717, 1.165) is 35.8 Å². The Kier molecular flexibility index (Phi) is 2.71. The molecule has 1 aliphatic rings. The molecule has 70 valence electrons. The van der Waals surface area contributed by atoms with Crippen LogP contribution in [-0.2, 0) is 16.0 Å². The number of hydrogen-bond acceptors (Lipinski definition) is 4. The van der Waals surface area contributed by atoms with Crippen LogP contribution in [0.1, 0.15) is 22.2 Å². The Morgan fingerprint density at radius 1 is 1.77 bits per heavy atom. The minimum Gasteiger partial charge on any atom is -0.381 e. The minimum absolute atomic E-state index is 0.463. The molecule has 1 unspecified atom stereocenters. The van der Waals surface area contributed by atoms with E-state index in [4.69, 9.17) is 4.74 Å². The molecule has 2 rings (SSSR count). The number of carbonyl (C=O) groups excluding carboxylic acids is 1. The van der Waals surface area contributed by atoms with Crippen molar-refractivity contribution in [2.24, 2.45) is 0 Å². The molecule has 0 radical (unpaired) electrons. The first-order valence-corrected chi connectivity index (χ1v) is 5.18. The van der Waals surface area contributed by atoms with E-state index in [-0.39, 0.29) is 0 Å². The molecule has 0 amide bonds. The highest BCUT2D eigenvalue weighted by molar-refractivity contribution is 7.11. The molecule has 1 aromatic heterocycles. The van der Waals surface area contributed by atoms with Gasteiger partial charge < -0.3 is 9.53 Å². The normalized spacial score (nSPS) is 22.0. The van der Waals surface area contributed by atoms with Crippen LogP contribution < -0.4 is 0 Å². The molecule has 1 aromatic rings. The Bertz CT molecular complexity index is 292. The zero-order valence-corrected chi connectivity index (χ0v) is 8.05. The van der Waals surface area contributed by atoms with E-state index < -0.39 is 0 Å². The van der Waals surface area contributed by atoms with Crippen LogP contribution in [0.15, 0.2) is 6.20 Å². The zero-order valence-electron chi connectivity index (χ0n) is 7.23. The van der Waals surface area contributed by atoms with Crippen LogP contribution in [0, 0.1) is 0 Å². The number of ether oxygens (including phenoxy) is 1. The summed E-state index contributed by atoms with van der Waals surface area (Å²) >= 11 is 1.63. The summed E-state index contributed by atoms with van der Waals surface area (Å²) in [4.78, 5) is 15.6. The molecule has 1 saturated heterocycles. The number of hydrogen-bond donors (Lipinski definition) is 0. The number of aromatic nitrogens is 1. The Hall–Kier alpha value is -0.740. The standard InChI is InChI=1S/C9H11NO2S/c11-3-1-8-5-10-9(13-8)7-2-4-12-6-7/h3,5,7H,1-2,4,6H2. The van der Waals surface area contributed by atoms with Gasteiger partial charge in [0, 0.05) is 30.0 Å². The maximum Gasteiger partial charge on any atom is 0.125 e. The fourth-order valence-electron chi connectivity index (χ4n) is 1.42. The zero-order chi connectivity index (χ0) is 9.10. The molecule has 4 heteroatoms. The number of aldehydes is 1. The van der Waals surface area contributed by atoms with Crippen molar-refractivity contribution in [1.29, 1.82) is 0 Å². The summed E-state index contributed by atoms with van der Waals surface area (Å²) in [6, 6.07) is 0. The average Bonchev–Trinajstić information content (AvgIpc) is 2.70. The first-order valence-electron chi connectivity index (χ1n) is 4.36. The third-order valence-corrected chi connectivity index (χ3v) is 3.32. The molecule has 1 aliphatic heterocycles. The molecule has 0 saturated carbocycles. The molecule has 0 spiro atoms. The summed E-state index contributed by atoms with van der Waals surface area (Å²) in [5.41, 5.74) is 0. The van der Waals surface area contributed by atoms with Gasteiger partial charge in [-0.05, 0) is 6.42 Å². The summed E-state index contributed by atoms with van der Waals surface area (Å²) in [6.07, 6.45) is 4.27. The highest BCUT2D eigenvalue weighted by Crippen LogP contribution is 2.28. The first-order chi connectivity index (χ1) is 6.40. The van der Waals surface area contributed by atoms with E-state index in [0.29, 0.717) is 12.3 Å². The van der Waals surface area contributed by atoms with Crippen molar-refractivity contribution in [2.45, 2.75) is 18.8 Å². The summed E-state index contributed by atoms with van der Waals surface area (Å²) in [6.45, 7) is 1.63. The van der Waals surface area contributed by atoms with Crippen LogP contribution in [0.3, 0.4) is 0 Å². The predicted octanol–water partition coefficient (Wildman–Crippen LogP) is 1.39. The quantitative estimate of drug-likeness (QED) is 0.687. The number of carbonyl (C=O) groups is 1. The van der Waals surface area contributed by atoms with E-state index in [1.54, 1.807) is 17.5 Å². The number of thiazole rings is 1. The molecule has 0 aliphatic carbocycles. The fourth-order valence-corrected chi connectivity index (χ4v) is 2.40. The average molecular weight is 197 g/mol. The van der Waals surface area contributed by atoms with E-state index >= 15 is 0 Å². The van der Waals surface area contributed by atoms with E-state index in [9.17, 15) is 4.79 Å². The van der Waals surface area contributed by atoms with Gasteiger partial charge in [-0.25, -0.2) is 4.98 Å². The Balaban J connectivity index is 2.07. The van der Waals surface area contributed by atoms with Crippen LogP contribution >= 0.6 is 11.3 Å². The van der Waals surface area contributed by atoms with Gasteiger partial charge in [-0.15, -0.1) is 11.3 Å². The van der Waals surface area contributed by atoms with Crippen LogP contribution in [0.25, 0.3) is 0 Å². The van der Waals surface area contributed by atoms with E-state index in [1.165, 1.54) is 0 Å². The summed E-state index contributed by atoms with van der Waals surface area (Å²) in [5.74, 6) is 0.463. The minimum atomic E-state index is 0.463. The van der Waals surface area contributed by atoms with E-state index in [1.807, 2.05) is 0 Å². The van der Waals surface area contributed by atoms with Crippen molar-refractivity contribution in [3.8, 4) is 0 Å². The topological polar surface area (TPSA) is 39.2 Å². The van der Waals surface area contributed by atoms with Gasteiger partial charge in [0.2, 0.25) is 0 Å². The largest absolute Gasteiger partial charge is 0.381 e. The second kappa shape index (κ2) is 3.98. The Morgan fingerprint density at radius 3 is 3.38 bits per heavy atom. The third kappa shape index (κ3) is 1.95. The highest BCUT2D eigenvalue weighted by atomic mass is 32.1. The van der Waals surface area contributed by atoms with Crippen molar-refractivity contribution in [2.75, 3.05) is 13.2 Å². The molecule has 13 heavy (non-hydrogen) atoms. The second-order valence-corrected chi connectivity index (χ2v) is 4.24. The van der Waals surface area contributed by atoms with Gasteiger partial charge in [0.1, 0.15) is 6.29 Å². The smallest absolute Gasteiger partial charge is 0.125 e. The molecule has 1 atom stereocenters. The van der Waals surface area contributed by atoms with Crippen LogP contribution in [0.4, 0.5) is 0 Å². The lowest BCUT2D eigenvalue weighted by molar-refractivity contribution is -0.107. The Labute approximate surface area is 80.8 Å². The second-order valence-electron chi connectivity index (χ2n) is 3.10. The van der Waals surface area contributed by atoms with Crippen LogP contribution in [0.2, 0.25) is 0 Å². The van der Waals surface area contributed by atoms with Gasteiger partial charge >= 0.3 is 0 Å². The maximum absolute atomic E-state index is 10.3. The molecule has 0 bridgehead atoms. The third-order valence-electron chi connectivity index (χ3n) is 2.13. The highest BCUT2D eigenvalue weighted by Gasteiger charge is 2.20. The van der Waals surface area contributed by atoms with Gasteiger partial charge in [0.25, 0.3) is 0 Å². The van der Waals surface area contributed by atoms with Crippen molar-refractivity contribution in [1.82, 2.24) is 4.98 Å². The molecule has 3 nitrogen and oxygen atoms in total. The van der Waals surface area contributed by atoms with Gasteiger partial charge in [-0.1, -0.05) is 0 Å². The van der Waals surface area contributed by atoms with Crippen molar-refractivity contribution >= 4 is 17.6 Å². The lowest BCUT2D eigenvalue weighted by atomic mass is 10.1. The van der Waals surface area contributed by atoms with Gasteiger partial charge in [0.05, 0.1) is 11.6 Å². The van der Waals surface area contributed by atoms with Gasteiger partial charge in [0.15, 0.2) is 0 Å².